The van der Waals surface area contributed by atoms with Gasteiger partial charge in [-0.2, -0.15) is 0 Å². The quantitative estimate of drug-likeness (QED) is 0.232. The second-order valence-electron chi connectivity index (χ2n) is 11.0. The van der Waals surface area contributed by atoms with Crippen LogP contribution in [0.4, 0.5) is 4.39 Å². The van der Waals surface area contributed by atoms with Crippen LogP contribution in [0.3, 0.4) is 0 Å². The van der Waals surface area contributed by atoms with E-state index < -0.39 is 17.4 Å². The van der Waals surface area contributed by atoms with Crippen LogP contribution in [0.1, 0.15) is 58.3 Å². The van der Waals surface area contributed by atoms with Crippen LogP contribution in [0.15, 0.2) is 34.9 Å². The van der Waals surface area contributed by atoms with Crippen LogP contribution in [0.2, 0.25) is 10.0 Å². The largest absolute Gasteiger partial charge is 0.478 e. The topological polar surface area (TPSA) is 115 Å². The van der Waals surface area contributed by atoms with Gasteiger partial charge >= 0.3 is 5.97 Å². The van der Waals surface area contributed by atoms with Crippen molar-refractivity contribution in [1.29, 1.82) is 0 Å². The van der Waals surface area contributed by atoms with Gasteiger partial charge in [0, 0.05) is 28.9 Å². The number of halogens is 3. The first-order valence-corrected chi connectivity index (χ1v) is 15.0. The third kappa shape index (κ3) is 4.65. The van der Waals surface area contributed by atoms with E-state index in [1.807, 2.05) is 0 Å². The van der Waals surface area contributed by atoms with Gasteiger partial charge in [0.2, 0.25) is 0 Å². The van der Waals surface area contributed by atoms with Gasteiger partial charge < -0.3 is 24.2 Å². The smallest absolute Gasteiger partial charge is 0.335 e. The Kier molecular flexibility index (Phi) is 6.84. The molecule has 2 atom stereocenters. The predicted octanol–water partition coefficient (Wildman–Crippen LogP) is 6.80. The number of ether oxygens (including phenoxy) is 2. The molecule has 12 heteroatoms. The fourth-order valence-electron chi connectivity index (χ4n) is 6.18. The van der Waals surface area contributed by atoms with Crippen molar-refractivity contribution in [3.05, 3.63) is 68.1 Å². The number of benzene rings is 2. The average molecular weight is 619 g/mol. The zero-order valence-corrected chi connectivity index (χ0v) is 23.9. The number of hydrogen-bond acceptors (Lipinski definition) is 8. The van der Waals surface area contributed by atoms with E-state index in [0.717, 1.165) is 41.6 Å². The van der Waals surface area contributed by atoms with Crippen molar-refractivity contribution in [3.63, 3.8) is 0 Å². The maximum Gasteiger partial charge on any atom is 0.335 e. The zero-order valence-electron chi connectivity index (χ0n) is 21.6. The van der Waals surface area contributed by atoms with Crippen LogP contribution in [-0.4, -0.2) is 45.6 Å². The summed E-state index contributed by atoms with van der Waals surface area (Å²) in [7, 11) is 0. The van der Waals surface area contributed by atoms with Crippen molar-refractivity contribution in [2.45, 2.75) is 49.9 Å². The standard InChI is InChI=1S/C29H25Cl2FN2O6S/c30-19-2-1-3-20(31)23(19)24-18(26(40-34-24)13-4-5-13)12-39-17-8-15-10-38-11-16(9-17)29(15,37)28-33-25-21(32)6-14(27(35)36)7-22(25)41-28/h1-3,6-7,13,15-17,37H,4-5,8-12H2,(H,35,36). The Bertz CT molecular complexity index is 1640. The van der Waals surface area contributed by atoms with E-state index in [9.17, 15) is 19.4 Å². The Morgan fingerprint density at radius 2 is 1.88 bits per heavy atom. The summed E-state index contributed by atoms with van der Waals surface area (Å²) >= 11 is 14.1. The number of nitrogens with zero attached hydrogens (tertiary/aromatic N) is 2. The van der Waals surface area contributed by atoms with Gasteiger partial charge in [0.05, 0.1) is 46.2 Å². The molecule has 2 unspecified atom stereocenters. The minimum absolute atomic E-state index is 0.0617. The number of carbonyl (C=O) groups is 1. The van der Waals surface area contributed by atoms with Gasteiger partial charge in [-0.25, -0.2) is 14.2 Å². The van der Waals surface area contributed by atoms with E-state index in [4.69, 9.17) is 37.2 Å². The molecule has 3 fully saturated rings. The summed E-state index contributed by atoms with van der Waals surface area (Å²) < 4.78 is 33.2. The highest BCUT2D eigenvalue weighted by Gasteiger charge is 2.55. The van der Waals surface area contributed by atoms with Gasteiger partial charge in [0.25, 0.3) is 0 Å². The molecular weight excluding hydrogens is 594 g/mol. The summed E-state index contributed by atoms with van der Waals surface area (Å²) in [6.45, 7) is 0.847. The van der Waals surface area contributed by atoms with Crippen LogP contribution in [0.25, 0.3) is 21.5 Å². The van der Waals surface area contributed by atoms with Gasteiger partial charge in [-0.3, -0.25) is 0 Å². The van der Waals surface area contributed by atoms with Crippen molar-refractivity contribution in [3.8, 4) is 11.3 Å². The maximum atomic E-state index is 14.7. The summed E-state index contributed by atoms with van der Waals surface area (Å²) in [5.41, 5.74) is 0.587. The Labute approximate surface area is 248 Å². The number of aromatic carboxylic acids is 1. The normalized spacial score (nSPS) is 26.0. The molecule has 214 valence electrons. The first kappa shape index (κ1) is 27.2. The molecule has 8 nitrogen and oxygen atoms in total. The molecular formula is C29H25Cl2FN2O6S. The second kappa shape index (κ2) is 10.3. The van der Waals surface area contributed by atoms with E-state index in [2.05, 4.69) is 10.1 Å². The first-order chi connectivity index (χ1) is 19.7. The van der Waals surface area contributed by atoms with Crippen molar-refractivity contribution in [2.75, 3.05) is 13.2 Å². The number of carboxylic acids is 1. The maximum absolute atomic E-state index is 14.7. The molecule has 2 N–H and O–H groups in total. The van der Waals surface area contributed by atoms with Crippen LogP contribution in [0, 0.1) is 17.7 Å². The zero-order chi connectivity index (χ0) is 28.5. The SMILES string of the molecule is O=C(O)c1cc(F)c2nc(C3(O)C4COCC3CC(OCc3c(-c5c(Cl)cccc5Cl)noc3C3CC3)C4)sc2c1. The summed E-state index contributed by atoms with van der Waals surface area (Å²) in [6.07, 6.45) is 2.85. The van der Waals surface area contributed by atoms with Crippen LogP contribution in [0.5, 0.6) is 0 Å². The van der Waals surface area contributed by atoms with Crippen LogP contribution >= 0.6 is 34.5 Å². The van der Waals surface area contributed by atoms with E-state index in [1.54, 1.807) is 18.2 Å². The molecule has 2 aromatic carbocycles. The van der Waals surface area contributed by atoms with Crippen LogP contribution in [-0.2, 0) is 21.7 Å². The third-order valence-electron chi connectivity index (χ3n) is 8.45. The number of carboxylic acid groups (broad SMARTS) is 1. The minimum atomic E-state index is -1.34. The Morgan fingerprint density at radius 1 is 1.17 bits per heavy atom. The van der Waals surface area contributed by atoms with Gasteiger partial charge in [-0.1, -0.05) is 34.4 Å². The Morgan fingerprint density at radius 3 is 2.54 bits per heavy atom. The number of rotatable bonds is 7. The van der Waals surface area contributed by atoms with E-state index >= 15 is 0 Å². The molecule has 41 heavy (non-hydrogen) atoms. The number of hydrogen-bond donors (Lipinski definition) is 2. The Hall–Kier alpha value is -2.60. The van der Waals surface area contributed by atoms with Gasteiger partial charge in [0.1, 0.15) is 27.6 Å². The lowest BCUT2D eigenvalue weighted by atomic mass is 9.66. The van der Waals surface area contributed by atoms with Crippen molar-refractivity contribution < 1.29 is 33.4 Å². The lowest BCUT2D eigenvalue weighted by Gasteiger charge is -2.50. The molecule has 1 saturated heterocycles. The highest BCUT2D eigenvalue weighted by molar-refractivity contribution is 7.18. The molecule has 3 heterocycles. The minimum Gasteiger partial charge on any atom is -0.478 e. The number of fused-ring (bicyclic) bond motifs is 3. The highest BCUT2D eigenvalue weighted by Crippen LogP contribution is 2.52. The van der Waals surface area contributed by atoms with E-state index in [-0.39, 0.29) is 35.6 Å². The molecule has 0 amide bonds. The first-order valence-electron chi connectivity index (χ1n) is 13.4. The van der Waals surface area contributed by atoms with E-state index in [0.29, 0.717) is 63.0 Å². The van der Waals surface area contributed by atoms with Gasteiger partial charge in [-0.05, 0) is 49.9 Å². The second-order valence-corrected chi connectivity index (χ2v) is 12.9. The number of aliphatic hydroxyl groups is 1. The lowest BCUT2D eigenvalue weighted by Crippen LogP contribution is -2.55. The molecule has 3 aliphatic rings. The number of aromatic nitrogens is 2. The molecule has 4 aromatic rings. The van der Waals surface area contributed by atoms with Crippen LogP contribution < -0.4 is 0 Å². The molecule has 0 radical (unpaired) electrons. The fourth-order valence-corrected chi connectivity index (χ4v) is 8.03. The molecule has 2 saturated carbocycles. The molecule has 2 bridgehead atoms. The van der Waals surface area contributed by atoms with Crippen molar-refractivity contribution >= 4 is 50.7 Å². The van der Waals surface area contributed by atoms with Crippen molar-refractivity contribution in [2.24, 2.45) is 11.8 Å². The van der Waals surface area contributed by atoms with Gasteiger partial charge in [0.15, 0.2) is 5.82 Å². The molecule has 2 aromatic heterocycles. The van der Waals surface area contributed by atoms with E-state index in [1.165, 1.54) is 6.07 Å². The molecule has 0 spiro atoms. The molecule has 2 aliphatic carbocycles. The summed E-state index contributed by atoms with van der Waals surface area (Å²) in [6, 6.07) is 7.65. The monoisotopic (exact) mass is 618 g/mol. The predicted molar refractivity (Wildman–Crippen MR) is 150 cm³/mol. The summed E-state index contributed by atoms with van der Waals surface area (Å²) in [5.74, 6) is -1.54. The lowest BCUT2D eigenvalue weighted by molar-refractivity contribution is -0.209. The van der Waals surface area contributed by atoms with Gasteiger partial charge in [-0.15, -0.1) is 11.3 Å². The average Bonchev–Trinajstić information content (AvgIpc) is 3.52. The fraction of sp³-hybridized carbons (Fsp3) is 0.414. The molecule has 7 rings (SSSR count). The highest BCUT2D eigenvalue weighted by atomic mass is 35.5. The number of thiazole rings is 1. The summed E-state index contributed by atoms with van der Waals surface area (Å²) in [5, 5.41) is 27.1. The third-order valence-corrected chi connectivity index (χ3v) is 10.2. The Balaban J connectivity index is 1.15. The summed E-state index contributed by atoms with van der Waals surface area (Å²) in [4.78, 5) is 15.9. The van der Waals surface area contributed by atoms with Crippen molar-refractivity contribution in [1.82, 2.24) is 10.1 Å². The molecule has 1 aliphatic heterocycles.